The quantitative estimate of drug-likeness (QED) is 0.880. The largest absolute Gasteiger partial charge is 0.478 e. The fraction of sp³-hybridized carbons (Fsp3) is 0.417. The Morgan fingerprint density at radius 2 is 2.20 bits per heavy atom. The number of hydrogen-bond donors (Lipinski definition) is 1. The van der Waals surface area contributed by atoms with Gasteiger partial charge in [-0.1, -0.05) is 0 Å². The standard InChI is InChI=1S/C12H14BrNO5S/c1-8-7-19-5-4-14(8)20(17,18)11-3-2-9(12(15)16)6-10(11)13/h2-3,6,8H,4-5,7H2,1H3,(H,15,16). The Morgan fingerprint density at radius 3 is 2.75 bits per heavy atom. The smallest absolute Gasteiger partial charge is 0.335 e. The maximum absolute atomic E-state index is 12.6. The average Bonchev–Trinajstić information content (AvgIpc) is 2.38. The van der Waals surface area contributed by atoms with Crippen LogP contribution in [0.1, 0.15) is 17.3 Å². The number of carboxylic acids is 1. The van der Waals surface area contributed by atoms with Crippen molar-refractivity contribution in [2.45, 2.75) is 17.9 Å². The van der Waals surface area contributed by atoms with Gasteiger partial charge in [-0.25, -0.2) is 13.2 Å². The molecule has 0 radical (unpaired) electrons. The minimum absolute atomic E-state index is 0.0332. The Balaban J connectivity index is 2.41. The van der Waals surface area contributed by atoms with E-state index in [2.05, 4.69) is 15.9 Å². The van der Waals surface area contributed by atoms with E-state index in [1.54, 1.807) is 6.92 Å². The van der Waals surface area contributed by atoms with E-state index < -0.39 is 16.0 Å². The van der Waals surface area contributed by atoms with Crippen molar-refractivity contribution in [1.82, 2.24) is 4.31 Å². The van der Waals surface area contributed by atoms with Gasteiger partial charge in [0.15, 0.2) is 0 Å². The lowest BCUT2D eigenvalue weighted by molar-refractivity contribution is 0.0392. The fourth-order valence-electron chi connectivity index (χ4n) is 2.04. The molecule has 1 saturated heterocycles. The molecule has 1 heterocycles. The van der Waals surface area contributed by atoms with Crippen LogP contribution in [0.2, 0.25) is 0 Å². The van der Waals surface area contributed by atoms with Crippen molar-refractivity contribution < 1.29 is 23.1 Å². The number of morpholine rings is 1. The molecule has 0 saturated carbocycles. The normalized spacial score (nSPS) is 20.8. The topological polar surface area (TPSA) is 83.9 Å². The Hall–Kier alpha value is -0.960. The van der Waals surface area contributed by atoms with E-state index in [1.165, 1.54) is 22.5 Å². The minimum atomic E-state index is -3.67. The Kier molecular flexibility index (Phi) is 4.48. The lowest BCUT2D eigenvalue weighted by atomic mass is 10.2. The van der Waals surface area contributed by atoms with Crippen molar-refractivity contribution in [3.63, 3.8) is 0 Å². The highest BCUT2D eigenvalue weighted by atomic mass is 79.9. The van der Waals surface area contributed by atoms with Crippen molar-refractivity contribution in [2.24, 2.45) is 0 Å². The number of benzene rings is 1. The summed E-state index contributed by atoms with van der Waals surface area (Å²) >= 11 is 3.14. The highest BCUT2D eigenvalue weighted by Gasteiger charge is 2.32. The zero-order valence-electron chi connectivity index (χ0n) is 10.7. The van der Waals surface area contributed by atoms with Crippen LogP contribution in [0.15, 0.2) is 27.6 Å². The molecule has 0 bridgehead atoms. The number of carbonyl (C=O) groups is 1. The second-order valence-corrected chi connectivity index (χ2v) is 7.20. The summed E-state index contributed by atoms with van der Waals surface area (Å²) in [6.07, 6.45) is 0. The van der Waals surface area contributed by atoms with Gasteiger partial charge in [-0.15, -0.1) is 0 Å². The van der Waals surface area contributed by atoms with E-state index >= 15 is 0 Å². The first-order chi connectivity index (χ1) is 9.34. The van der Waals surface area contributed by atoms with Crippen molar-refractivity contribution in [3.8, 4) is 0 Å². The lowest BCUT2D eigenvalue weighted by Crippen LogP contribution is -2.47. The molecular weight excluding hydrogens is 350 g/mol. The van der Waals surface area contributed by atoms with E-state index in [4.69, 9.17) is 9.84 Å². The van der Waals surface area contributed by atoms with Crippen molar-refractivity contribution in [3.05, 3.63) is 28.2 Å². The molecule has 1 aromatic carbocycles. The van der Waals surface area contributed by atoms with Gasteiger partial charge < -0.3 is 9.84 Å². The molecule has 1 N–H and O–H groups in total. The monoisotopic (exact) mass is 363 g/mol. The van der Waals surface area contributed by atoms with E-state index in [0.29, 0.717) is 13.2 Å². The molecule has 1 fully saturated rings. The molecule has 0 spiro atoms. The Labute approximate surface area is 125 Å². The van der Waals surface area contributed by atoms with Gasteiger partial charge in [-0.05, 0) is 41.1 Å². The van der Waals surface area contributed by atoms with Crippen LogP contribution >= 0.6 is 15.9 Å². The molecule has 0 aliphatic carbocycles. The second-order valence-electron chi connectivity index (χ2n) is 4.49. The van der Waals surface area contributed by atoms with Crippen molar-refractivity contribution in [2.75, 3.05) is 19.8 Å². The maximum atomic E-state index is 12.6. The summed E-state index contributed by atoms with van der Waals surface area (Å²) in [4.78, 5) is 10.9. The molecule has 110 valence electrons. The first-order valence-electron chi connectivity index (χ1n) is 5.96. The summed E-state index contributed by atoms with van der Waals surface area (Å²) in [6.45, 7) is 2.77. The van der Waals surface area contributed by atoms with Crippen LogP contribution in [-0.4, -0.2) is 49.6 Å². The van der Waals surface area contributed by atoms with E-state index in [1.807, 2.05) is 0 Å². The summed E-state index contributed by atoms with van der Waals surface area (Å²) < 4.78 is 32.0. The predicted octanol–water partition coefficient (Wildman–Crippen LogP) is 1.56. The van der Waals surface area contributed by atoms with Gasteiger partial charge in [-0.2, -0.15) is 4.31 Å². The third-order valence-electron chi connectivity index (χ3n) is 3.07. The van der Waals surface area contributed by atoms with Crippen LogP contribution in [0.25, 0.3) is 0 Å². The van der Waals surface area contributed by atoms with Gasteiger partial charge in [0.25, 0.3) is 0 Å². The molecule has 1 aliphatic heterocycles. The van der Waals surface area contributed by atoms with Gasteiger partial charge in [0.1, 0.15) is 0 Å². The third kappa shape index (κ3) is 2.88. The minimum Gasteiger partial charge on any atom is -0.478 e. The van der Waals surface area contributed by atoms with E-state index in [9.17, 15) is 13.2 Å². The zero-order chi connectivity index (χ0) is 14.9. The number of hydrogen-bond acceptors (Lipinski definition) is 4. The van der Waals surface area contributed by atoms with Gasteiger partial charge in [0, 0.05) is 17.1 Å². The van der Waals surface area contributed by atoms with Crippen LogP contribution in [0.3, 0.4) is 0 Å². The van der Waals surface area contributed by atoms with Gasteiger partial charge >= 0.3 is 5.97 Å². The molecule has 0 aromatic heterocycles. The zero-order valence-corrected chi connectivity index (χ0v) is 13.1. The number of nitrogens with zero attached hydrogens (tertiary/aromatic N) is 1. The average molecular weight is 364 g/mol. The summed E-state index contributed by atoms with van der Waals surface area (Å²) in [5.74, 6) is -1.10. The highest BCUT2D eigenvalue weighted by molar-refractivity contribution is 9.10. The number of ether oxygens (including phenoxy) is 1. The number of sulfonamides is 1. The number of carboxylic acid groups (broad SMARTS) is 1. The predicted molar refractivity (Wildman–Crippen MR) is 75.3 cm³/mol. The van der Waals surface area contributed by atoms with E-state index in [0.717, 1.165) is 0 Å². The molecule has 0 amide bonds. The molecule has 1 atom stereocenters. The summed E-state index contributed by atoms with van der Waals surface area (Å²) in [7, 11) is -3.67. The SMILES string of the molecule is CC1COCCN1S(=O)(=O)c1ccc(C(=O)O)cc1Br. The summed E-state index contributed by atoms with van der Waals surface area (Å²) in [6, 6.07) is 3.64. The fourth-order valence-corrected chi connectivity index (χ4v) is 4.68. The molecule has 20 heavy (non-hydrogen) atoms. The molecule has 6 nitrogen and oxygen atoms in total. The molecule has 8 heteroatoms. The molecule has 1 aromatic rings. The molecular formula is C12H14BrNO5S. The van der Waals surface area contributed by atoms with Crippen LogP contribution in [0, 0.1) is 0 Å². The first kappa shape index (κ1) is 15.4. The number of rotatable bonds is 3. The van der Waals surface area contributed by atoms with Crippen molar-refractivity contribution in [1.29, 1.82) is 0 Å². The highest BCUT2D eigenvalue weighted by Crippen LogP contribution is 2.28. The Bertz CT molecular complexity index is 631. The molecule has 2 rings (SSSR count). The van der Waals surface area contributed by atoms with Crippen LogP contribution in [-0.2, 0) is 14.8 Å². The van der Waals surface area contributed by atoms with Gasteiger partial charge in [0.05, 0.1) is 23.7 Å². The second kappa shape index (κ2) is 5.80. The van der Waals surface area contributed by atoms with Crippen LogP contribution < -0.4 is 0 Å². The van der Waals surface area contributed by atoms with Crippen molar-refractivity contribution >= 4 is 31.9 Å². The lowest BCUT2D eigenvalue weighted by Gasteiger charge is -2.32. The van der Waals surface area contributed by atoms with Gasteiger partial charge in [-0.3, -0.25) is 0 Å². The van der Waals surface area contributed by atoms with Gasteiger partial charge in [0.2, 0.25) is 10.0 Å². The first-order valence-corrected chi connectivity index (χ1v) is 8.20. The van der Waals surface area contributed by atoms with Crippen LogP contribution in [0.4, 0.5) is 0 Å². The molecule has 1 unspecified atom stereocenters. The Morgan fingerprint density at radius 1 is 1.50 bits per heavy atom. The molecule has 1 aliphatic rings. The summed E-state index contributed by atoms with van der Waals surface area (Å²) in [5, 5.41) is 8.90. The summed E-state index contributed by atoms with van der Waals surface area (Å²) in [5.41, 5.74) is 0.0332. The number of halogens is 1. The maximum Gasteiger partial charge on any atom is 0.335 e. The number of aromatic carboxylic acids is 1. The van der Waals surface area contributed by atoms with E-state index in [-0.39, 0.29) is 27.5 Å². The van der Waals surface area contributed by atoms with Crippen LogP contribution in [0.5, 0.6) is 0 Å². The third-order valence-corrected chi connectivity index (χ3v) is 6.06.